The predicted octanol–water partition coefficient (Wildman–Crippen LogP) is 5.38. The molecule has 0 aromatic heterocycles. The number of fused-ring (bicyclic) bond motifs is 1. The number of alkyl halides is 1. The zero-order valence-corrected chi connectivity index (χ0v) is 22.3. The Bertz CT molecular complexity index is 1320. The predicted molar refractivity (Wildman–Crippen MR) is 146 cm³/mol. The molecule has 0 N–H and O–H groups in total. The monoisotopic (exact) mass is 549 g/mol. The molecule has 0 unspecified atom stereocenters. The maximum absolute atomic E-state index is 13.8. The second-order valence-corrected chi connectivity index (χ2v) is 10.2. The first-order valence-electron chi connectivity index (χ1n) is 13.7. The molecule has 0 radical (unpaired) electrons. The van der Waals surface area contributed by atoms with Crippen molar-refractivity contribution in [2.75, 3.05) is 46.2 Å². The van der Waals surface area contributed by atoms with Gasteiger partial charge in [-0.2, -0.15) is 0 Å². The summed E-state index contributed by atoms with van der Waals surface area (Å²) in [5, 5.41) is 0. The number of ketones is 1. The molecular weight excluding hydrogens is 516 g/mol. The number of piperidine rings is 1. The molecule has 2 aliphatic heterocycles. The van der Waals surface area contributed by atoms with Crippen LogP contribution in [0.2, 0.25) is 0 Å². The lowest BCUT2D eigenvalue weighted by atomic mass is 9.76. The van der Waals surface area contributed by atoms with Gasteiger partial charge in [-0.15, -0.1) is 0 Å². The van der Waals surface area contributed by atoms with Crippen LogP contribution in [0.15, 0.2) is 66.7 Å². The molecule has 3 aromatic rings. The molecule has 1 fully saturated rings. The highest BCUT2D eigenvalue weighted by molar-refractivity contribution is 5.95. The number of Topliss-reactive ketones (excluding diaryl/α,β-unsaturated/α-hetero) is 1. The third-order valence-electron chi connectivity index (χ3n) is 7.55. The Labute approximate surface area is 232 Å². The van der Waals surface area contributed by atoms with E-state index in [0.717, 1.165) is 29.5 Å². The standard InChI is InChI=1S/C32H33F2NO5/c33-12-15-38-16-17-39-29-3-1-2-24(20-29)31(22-4-7-27(34)8-5-22)23-10-13-35(14-11-23)32(37)25-6-9-30-26(18-25)19-28(36)21-40-30/h1-9,18,20,23,31H,10-17,19,21H2/t31-/m0/s1. The highest BCUT2D eigenvalue weighted by Gasteiger charge is 2.31. The van der Waals surface area contributed by atoms with Gasteiger partial charge < -0.3 is 19.1 Å². The molecule has 0 bridgehead atoms. The topological polar surface area (TPSA) is 65.1 Å². The quantitative estimate of drug-likeness (QED) is 0.318. The first kappa shape index (κ1) is 27.8. The second-order valence-electron chi connectivity index (χ2n) is 10.2. The van der Waals surface area contributed by atoms with E-state index in [1.54, 1.807) is 18.2 Å². The fourth-order valence-corrected chi connectivity index (χ4v) is 5.61. The number of hydrogen-bond donors (Lipinski definition) is 0. The Morgan fingerprint density at radius 1 is 0.975 bits per heavy atom. The van der Waals surface area contributed by atoms with Crippen molar-refractivity contribution in [2.45, 2.75) is 25.2 Å². The molecule has 6 nitrogen and oxygen atoms in total. The van der Waals surface area contributed by atoms with Gasteiger partial charge in [0.15, 0.2) is 5.78 Å². The molecule has 0 saturated carbocycles. The highest BCUT2D eigenvalue weighted by Crippen LogP contribution is 2.39. The largest absolute Gasteiger partial charge is 0.491 e. The maximum Gasteiger partial charge on any atom is 0.253 e. The number of ether oxygens (including phenoxy) is 3. The zero-order chi connectivity index (χ0) is 27.9. The Morgan fingerprint density at radius 3 is 2.55 bits per heavy atom. The summed E-state index contributed by atoms with van der Waals surface area (Å²) < 4.78 is 42.5. The van der Waals surface area contributed by atoms with E-state index < -0.39 is 6.67 Å². The van der Waals surface area contributed by atoms with Gasteiger partial charge in [0.25, 0.3) is 5.91 Å². The van der Waals surface area contributed by atoms with Crippen LogP contribution in [-0.2, 0) is 16.0 Å². The van der Waals surface area contributed by atoms with Gasteiger partial charge in [0.1, 0.15) is 37.2 Å². The second kappa shape index (κ2) is 13.0. The molecular formula is C32H33F2NO5. The smallest absolute Gasteiger partial charge is 0.253 e. The van der Waals surface area contributed by atoms with Gasteiger partial charge in [-0.25, -0.2) is 8.78 Å². The van der Waals surface area contributed by atoms with Crippen LogP contribution < -0.4 is 9.47 Å². The van der Waals surface area contributed by atoms with E-state index in [1.807, 2.05) is 35.2 Å². The summed E-state index contributed by atoms with van der Waals surface area (Å²) in [6, 6.07) is 19.8. The van der Waals surface area contributed by atoms with E-state index in [1.165, 1.54) is 12.1 Å². The minimum atomic E-state index is -0.525. The minimum Gasteiger partial charge on any atom is -0.491 e. The molecule has 2 aliphatic rings. The number of halogens is 2. The van der Waals surface area contributed by atoms with Crippen LogP contribution in [0.4, 0.5) is 8.78 Å². The third-order valence-corrected chi connectivity index (χ3v) is 7.55. The van der Waals surface area contributed by atoms with Gasteiger partial charge in [-0.05, 0) is 72.4 Å². The van der Waals surface area contributed by atoms with Gasteiger partial charge in [0.05, 0.1) is 13.2 Å². The number of carbonyl (C=O) groups is 2. The number of carbonyl (C=O) groups excluding carboxylic acids is 2. The first-order chi connectivity index (χ1) is 19.5. The molecule has 1 amide bonds. The lowest BCUT2D eigenvalue weighted by Crippen LogP contribution is -2.40. The van der Waals surface area contributed by atoms with Crippen LogP contribution in [0.1, 0.15) is 45.8 Å². The van der Waals surface area contributed by atoms with Crippen molar-refractivity contribution in [1.82, 2.24) is 4.90 Å². The van der Waals surface area contributed by atoms with Crippen LogP contribution in [0.25, 0.3) is 0 Å². The molecule has 3 aromatic carbocycles. The summed E-state index contributed by atoms with van der Waals surface area (Å²) in [4.78, 5) is 27.0. The van der Waals surface area contributed by atoms with Crippen LogP contribution in [0.5, 0.6) is 11.5 Å². The van der Waals surface area contributed by atoms with E-state index in [4.69, 9.17) is 14.2 Å². The zero-order valence-electron chi connectivity index (χ0n) is 22.3. The number of amides is 1. The van der Waals surface area contributed by atoms with Crippen molar-refractivity contribution in [3.05, 3.63) is 94.8 Å². The van der Waals surface area contributed by atoms with Gasteiger partial charge in [0, 0.05) is 36.6 Å². The van der Waals surface area contributed by atoms with Crippen molar-refractivity contribution in [2.24, 2.45) is 5.92 Å². The highest BCUT2D eigenvalue weighted by atomic mass is 19.1. The summed E-state index contributed by atoms with van der Waals surface area (Å²) >= 11 is 0. The van der Waals surface area contributed by atoms with Gasteiger partial charge in [-0.3, -0.25) is 9.59 Å². The van der Waals surface area contributed by atoms with Crippen molar-refractivity contribution in [1.29, 1.82) is 0 Å². The summed E-state index contributed by atoms with van der Waals surface area (Å²) in [6.07, 6.45) is 1.84. The van der Waals surface area contributed by atoms with Crippen molar-refractivity contribution < 1.29 is 32.6 Å². The number of nitrogens with zero attached hydrogens (tertiary/aromatic N) is 1. The number of hydrogen-bond acceptors (Lipinski definition) is 5. The molecule has 1 atom stereocenters. The average Bonchev–Trinajstić information content (AvgIpc) is 2.98. The van der Waals surface area contributed by atoms with Crippen LogP contribution in [0, 0.1) is 11.7 Å². The molecule has 8 heteroatoms. The fourth-order valence-electron chi connectivity index (χ4n) is 5.61. The van der Waals surface area contributed by atoms with Crippen LogP contribution in [-0.4, -0.2) is 62.8 Å². The first-order valence-corrected chi connectivity index (χ1v) is 13.7. The molecule has 0 aliphatic carbocycles. The van der Waals surface area contributed by atoms with Crippen molar-refractivity contribution in [3.63, 3.8) is 0 Å². The van der Waals surface area contributed by atoms with Crippen molar-refractivity contribution in [3.8, 4) is 11.5 Å². The van der Waals surface area contributed by atoms with E-state index in [-0.39, 0.29) is 49.0 Å². The fraction of sp³-hybridized carbons (Fsp3) is 0.375. The lowest BCUT2D eigenvalue weighted by molar-refractivity contribution is -0.121. The summed E-state index contributed by atoms with van der Waals surface area (Å²) in [7, 11) is 0. The van der Waals surface area contributed by atoms with E-state index in [0.29, 0.717) is 43.4 Å². The Balaban J connectivity index is 1.29. The molecule has 210 valence electrons. The van der Waals surface area contributed by atoms with E-state index >= 15 is 0 Å². The molecule has 2 heterocycles. The molecule has 1 saturated heterocycles. The number of rotatable bonds is 10. The Kier molecular flexibility index (Phi) is 9.06. The number of benzene rings is 3. The lowest BCUT2D eigenvalue weighted by Gasteiger charge is -2.37. The average molecular weight is 550 g/mol. The van der Waals surface area contributed by atoms with Crippen molar-refractivity contribution >= 4 is 11.7 Å². The molecule has 40 heavy (non-hydrogen) atoms. The Morgan fingerprint density at radius 2 is 1.77 bits per heavy atom. The van der Waals surface area contributed by atoms with Gasteiger partial charge in [-0.1, -0.05) is 24.3 Å². The summed E-state index contributed by atoms with van der Waals surface area (Å²) in [5.41, 5.74) is 3.38. The van der Waals surface area contributed by atoms with Gasteiger partial charge >= 0.3 is 0 Å². The normalized spacial score (nSPS) is 16.2. The minimum absolute atomic E-state index is 0.00362. The maximum atomic E-state index is 13.8. The number of likely N-dealkylation sites (tertiary alicyclic amines) is 1. The van der Waals surface area contributed by atoms with Gasteiger partial charge in [0.2, 0.25) is 0 Å². The summed E-state index contributed by atoms with van der Waals surface area (Å²) in [5.74, 6) is 1.24. The van der Waals surface area contributed by atoms with E-state index in [9.17, 15) is 18.4 Å². The van der Waals surface area contributed by atoms with Crippen LogP contribution in [0.3, 0.4) is 0 Å². The Hall–Kier alpha value is -3.78. The van der Waals surface area contributed by atoms with E-state index in [2.05, 4.69) is 6.07 Å². The molecule has 0 spiro atoms. The SMILES string of the molecule is O=C1COc2ccc(C(=O)N3CCC([C@H](c4ccc(F)cc4)c4cccc(OCCOCCF)c4)CC3)cc2C1. The molecule has 5 rings (SSSR count). The third kappa shape index (κ3) is 6.67. The summed E-state index contributed by atoms with van der Waals surface area (Å²) in [6.45, 7) is 1.41. The van der Waals surface area contributed by atoms with Crippen LogP contribution >= 0.6 is 0 Å².